The lowest BCUT2D eigenvalue weighted by atomic mass is 9.75. The van der Waals surface area contributed by atoms with E-state index in [0.717, 1.165) is 17.4 Å². The van der Waals surface area contributed by atoms with Gasteiger partial charge in [-0.3, -0.25) is 4.79 Å². The number of ketones is 1. The zero-order chi connectivity index (χ0) is 20.8. The third-order valence-corrected chi connectivity index (χ3v) is 5.66. The minimum Gasteiger partial charge on any atom is -0.497 e. The number of fused-ring (bicyclic) bond motifs is 2. The number of allylic oxidation sites excluding steroid dienone is 2. The molecule has 1 aromatic heterocycles. The summed E-state index contributed by atoms with van der Waals surface area (Å²) in [5, 5.41) is 7.38. The van der Waals surface area contributed by atoms with E-state index >= 15 is 0 Å². The summed E-state index contributed by atoms with van der Waals surface area (Å²) in [6.07, 6.45) is 3.63. The molecule has 152 valence electrons. The SMILES string of the molecule is COc1ccc([C@H]2C=C3Nc4ncnn4[C@H](c4cc(F)cc(F)c4)[C@H]3C(=O)C2)cc1. The van der Waals surface area contributed by atoms with Gasteiger partial charge < -0.3 is 10.1 Å². The van der Waals surface area contributed by atoms with Crippen LogP contribution < -0.4 is 10.1 Å². The van der Waals surface area contributed by atoms with Crippen LogP contribution in [0.25, 0.3) is 0 Å². The number of nitrogens with one attached hydrogen (secondary N) is 1. The van der Waals surface area contributed by atoms with E-state index < -0.39 is 23.6 Å². The van der Waals surface area contributed by atoms with Crippen LogP contribution in [-0.4, -0.2) is 27.7 Å². The van der Waals surface area contributed by atoms with Gasteiger partial charge in [0.1, 0.15) is 29.5 Å². The van der Waals surface area contributed by atoms with Gasteiger partial charge in [0.25, 0.3) is 0 Å². The summed E-state index contributed by atoms with van der Waals surface area (Å²) in [7, 11) is 1.60. The second kappa shape index (κ2) is 7.05. The standard InChI is InChI=1S/C22H18F2N4O2/c1-30-17-4-2-12(3-5-17)13-8-18-20(19(29)9-13)21(28-22(27-18)25-11-26-28)14-6-15(23)10-16(24)7-14/h2-8,10-11,13,20-21H,9H2,1H3,(H,25,26,27)/t13-,20+,21+/m0/s1. The Labute approximate surface area is 171 Å². The minimum atomic E-state index is -0.699. The maximum Gasteiger partial charge on any atom is 0.226 e. The highest BCUT2D eigenvalue weighted by Crippen LogP contribution is 2.44. The summed E-state index contributed by atoms with van der Waals surface area (Å²) < 4.78 is 34.6. The molecule has 1 aliphatic carbocycles. The van der Waals surface area contributed by atoms with Crippen LogP contribution in [-0.2, 0) is 4.79 Å². The third-order valence-electron chi connectivity index (χ3n) is 5.66. The van der Waals surface area contributed by atoms with Gasteiger partial charge in [0.05, 0.1) is 19.1 Å². The topological polar surface area (TPSA) is 69.0 Å². The van der Waals surface area contributed by atoms with E-state index in [1.807, 2.05) is 30.3 Å². The number of nitrogens with zero attached hydrogens (tertiary/aromatic N) is 3. The molecule has 2 aliphatic rings. The Morgan fingerprint density at radius 1 is 1.10 bits per heavy atom. The molecule has 3 atom stereocenters. The number of aromatic nitrogens is 3. The van der Waals surface area contributed by atoms with Crippen molar-refractivity contribution in [2.75, 3.05) is 12.4 Å². The van der Waals surface area contributed by atoms with Crippen LogP contribution in [0.5, 0.6) is 5.75 Å². The molecule has 0 amide bonds. The van der Waals surface area contributed by atoms with Gasteiger partial charge in [-0.15, -0.1) is 0 Å². The fourth-order valence-electron chi connectivity index (χ4n) is 4.32. The summed E-state index contributed by atoms with van der Waals surface area (Å²) in [4.78, 5) is 17.5. The molecule has 5 rings (SSSR count). The van der Waals surface area contributed by atoms with Crippen LogP contribution in [0.4, 0.5) is 14.7 Å². The van der Waals surface area contributed by atoms with E-state index in [1.54, 1.807) is 7.11 Å². The van der Waals surface area contributed by atoms with Gasteiger partial charge >= 0.3 is 0 Å². The summed E-state index contributed by atoms with van der Waals surface area (Å²) in [5.74, 6) is -1.02. The van der Waals surface area contributed by atoms with Crippen molar-refractivity contribution in [1.82, 2.24) is 14.8 Å². The first-order chi connectivity index (χ1) is 14.5. The van der Waals surface area contributed by atoms with Gasteiger partial charge in [-0.2, -0.15) is 10.1 Å². The number of ether oxygens (including phenoxy) is 1. The van der Waals surface area contributed by atoms with E-state index in [-0.39, 0.29) is 18.1 Å². The van der Waals surface area contributed by atoms with Crippen molar-refractivity contribution in [3.05, 3.63) is 83.3 Å². The summed E-state index contributed by atoms with van der Waals surface area (Å²) in [6.45, 7) is 0. The minimum absolute atomic E-state index is 0.0309. The van der Waals surface area contributed by atoms with Crippen LogP contribution in [0.3, 0.4) is 0 Å². The average molecular weight is 408 g/mol. The lowest BCUT2D eigenvalue weighted by molar-refractivity contribution is -0.123. The molecule has 0 fully saturated rings. The van der Waals surface area contributed by atoms with Crippen molar-refractivity contribution in [2.45, 2.75) is 18.4 Å². The van der Waals surface area contributed by atoms with Gasteiger partial charge in [0.2, 0.25) is 5.95 Å². The molecule has 0 spiro atoms. The quantitative estimate of drug-likeness (QED) is 0.713. The Kier molecular flexibility index (Phi) is 4.34. The summed E-state index contributed by atoms with van der Waals surface area (Å²) >= 11 is 0. The highest BCUT2D eigenvalue weighted by atomic mass is 19.1. The molecule has 0 saturated carbocycles. The van der Waals surface area contributed by atoms with Crippen molar-refractivity contribution < 1.29 is 18.3 Å². The van der Waals surface area contributed by atoms with E-state index in [2.05, 4.69) is 15.4 Å². The molecule has 8 heteroatoms. The van der Waals surface area contributed by atoms with E-state index in [9.17, 15) is 13.6 Å². The van der Waals surface area contributed by atoms with Crippen molar-refractivity contribution in [3.8, 4) is 5.75 Å². The number of benzene rings is 2. The van der Waals surface area contributed by atoms with Gasteiger partial charge in [0.15, 0.2) is 0 Å². The van der Waals surface area contributed by atoms with Crippen LogP contribution in [0, 0.1) is 17.6 Å². The van der Waals surface area contributed by atoms with E-state index in [0.29, 0.717) is 17.2 Å². The van der Waals surface area contributed by atoms with Gasteiger partial charge in [0, 0.05) is 24.1 Å². The predicted molar refractivity (Wildman–Crippen MR) is 105 cm³/mol. The second-order valence-corrected chi connectivity index (χ2v) is 7.45. The zero-order valence-corrected chi connectivity index (χ0v) is 16.0. The maximum atomic E-state index is 13.9. The fraction of sp³-hybridized carbons (Fsp3) is 0.227. The van der Waals surface area contributed by atoms with Gasteiger partial charge in [-0.05, 0) is 35.4 Å². The Morgan fingerprint density at radius 2 is 1.83 bits per heavy atom. The first-order valence-corrected chi connectivity index (χ1v) is 9.54. The Morgan fingerprint density at radius 3 is 2.53 bits per heavy atom. The Hall–Kier alpha value is -3.55. The molecule has 3 aromatic rings. The Balaban J connectivity index is 1.59. The third kappa shape index (κ3) is 3.04. The average Bonchev–Trinajstić information content (AvgIpc) is 3.19. The van der Waals surface area contributed by atoms with Crippen molar-refractivity contribution in [1.29, 1.82) is 0 Å². The lowest BCUT2D eigenvalue weighted by Gasteiger charge is -2.38. The van der Waals surface area contributed by atoms with E-state index in [1.165, 1.54) is 23.1 Å². The molecule has 2 aromatic carbocycles. The van der Waals surface area contributed by atoms with Crippen molar-refractivity contribution in [2.24, 2.45) is 5.92 Å². The van der Waals surface area contributed by atoms with Crippen LogP contribution in [0.1, 0.15) is 29.5 Å². The number of anilines is 1. The van der Waals surface area contributed by atoms with E-state index in [4.69, 9.17) is 4.74 Å². The van der Waals surface area contributed by atoms with Gasteiger partial charge in [-0.25, -0.2) is 13.5 Å². The molecule has 2 heterocycles. The monoisotopic (exact) mass is 408 g/mol. The number of hydrogen-bond acceptors (Lipinski definition) is 5. The summed E-state index contributed by atoms with van der Waals surface area (Å²) in [5.41, 5.74) is 1.99. The molecule has 30 heavy (non-hydrogen) atoms. The molecule has 0 radical (unpaired) electrons. The predicted octanol–water partition coefficient (Wildman–Crippen LogP) is 3.84. The molecule has 1 N–H and O–H groups in total. The van der Waals surface area contributed by atoms with Gasteiger partial charge in [-0.1, -0.05) is 18.2 Å². The number of methoxy groups -OCH3 is 1. The number of carbonyl (C=O) groups excluding carboxylic acids is 1. The zero-order valence-electron chi connectivity index (χ0n) is 16.0. The molecular formula is C22H18F2N4O2. The highest BCUT2D eigenvalue weighted by molar-refractivity contribution is 5.88. The highest BCUT2D eigenvalue weighted by Gasteiger charge is 2.43. The van der Waals surface area contributed by atoms with Crippen molar-refractivity contribution in [3.63, 3.8) is 0 Å². The van der Waals surface area contributed by atoms with Crippen LogP contribution in [0.15, 0.2) is 60.6 Å². The normalized spacial score (nSPS) is 22.6. The number of rotatable bonds is 3. The molecule has 6 nitrogen and oxygen atoms in total. The number of carbonyl (C=O) groups is 1. The lowest BCUT2D eigenvalue weighted by Crippen LogP contribution is -2.40. The molecule has 0 bridgehead atoms. The smallest absolute Gasteiger partial charge is 0.226 e. The number of Topliss-reactive ketones (excluding diaryl/α,β-unsaturated/α-hetero) is 1. The van der Waals surface area contributed by atoms with Crippen molar-refractivity contribution >= 4 is 11.7 Å². The molecule has 0 saturated heterocycles. The fourth-order valence-corrected chi connectivity index (χ4v) is 4.32. The molecule has 0 unspecified atom stereocenters. The summed E-state index contributed by atoms with van der Waals surface area (Å²) in [6, 6.07) is 10.2. The van der Waals surface area contributed by atoms with Crippen LogP contribution >= 0.6 is 0 Å². The van der Waals surface area contributed by atoms with Crippen LogP contribution in [0.2, 0.25) is 0 Å². The second-order valence-electron chi connectivity index (χ2n) is 7.45. The molecule has 1 aliphatic heterocycles. The largest absolute Gasteiger partial charge is 0.497 e. The number of halogens is 2. The first-order valence-electron chi connectivity index (χ1n) is 9.54. The molecular weight excluding hydrogens is 390 g/mol. The Bertz CT molecular complexity index is 1140. The first kappa shape index (κ1) is 18.5. The maximum absolute atomic E-state index is 13.9. The number of hydrogen-bond donors (Lipinski definition) is 1.